The number of carbonyl (C=O) groups is 1. The number of hydrogen-bond acceptors (Lipinski definition) is 4. The van der Waals surface area contributed by atoms with Gasteiger partial charge in [-0.2, -0.15) is 5.10 Å². The van der Waals surface area contributed by atoms with E-state index in [1.54, 1.807) is 23.3 Å². The maximum absolute atomic E-state index is 12.2. The van der Waals surface area contributed by atoms with Crippen molar-refractivity contribution < 1.29 is 4.79 Å². The average Bonchev–Trinajstić information content (AvgIpc) is 3.18. The third-order valence-corrected chi connectivity index (χ3v) is 3.52. The van der Waals surface area contributed by atoms with E-state index in [2.05, 4.69) is 21.5 Å². The van der Waals surface area contributed by atoms with Gasteiger partial charge in [0.1, 0.15) is 0 Å². The summed E-state index contributed by atoms with van der Waals surface area (Å²) in [6.07, 6.45) is 6.91. The van der Waals surface area contributed by atoms with Gasteiger partial charge in [-0.3, -0.25) is 14.5 Å². The van der Waals surface area contributed by atoms with Crippen LogP contribution in [0, 0.1) is 0 Å². The van der Waals surface area contributed by atoms with Crippen LogP contribution in [0.25, 0.3) is 0 Å². The summed E-state index contributed by atoms with van der Waals surface area (Å²) in [4.78, 5) is 16.6. The molecule has 22 heavy (non-hydrogen) atoms. The number of rotatable bonds is 4. The quantitative estimate of drug-likeness (QED) is 0.899. The first-order valence-corrected chi connectivity index (χ1v) is 7.75. The Labute approximate surface area is 130 Å². The van der Waals surface area contributed by atoms with Crippen LogP contribution < -0.4 is 11.1 Å². The Bertz CT molecular complexity index is 623. The highest BCUT2D eigenvalue weighted by molar-refractivity contribution is 5.94. The van der Waals surface area contributed by atoms with Crippen molar-refractivity contribution >= 4 is 5.91 Å². The molecule has 0 spiro atoms. The Kier molecular flexibility index (Phi) is 5.66. The van der Waals surface area contributed by atoms with Crippen molar-refractivity contribution in [1.29, 1.82) is 0 Å². The topological polar surface area (TPSA) is 85.8 Å². The molecule has 0 aromatic carbocycles. The van der Waals surface area contributed by atoms with Gasteiger partial charge in [-0.1, -0.05) is 19.9 Å². The second-order valence-electron chi connectivity index (χ2n) is 4.89. The lowest BCUT2D eigenvalue weighted by molar-refractivity contribution is 0.0936. The van der Waals surface area contributed by atoms with E-state index in [0.717, 1.165) is 18.5 Å². The summed E-state index contributed by atoms with van der Waals surface area (Å²) in [7, 11) is 0. The van der Waals surface area contributed by atoms with Crippen molar-refractivity contribution in [3.05, 3.63) is 47.5 Å². The Balaban J connectivity index is 0.000000847. The number of nitrogens with zero attached hydrogens (tertiary/aromatic N) is 3. The number of carbonyl (C=O) groups excluding carboxylic acids is 1. The van der Waals surface area contributed by atoms with Crippen LogP contribution in [-0.4, -0.2) is 27.2 Å². The molecule has 0 saturated carbocycles. The van der Waals surface area contributed by atoms with Gasteiger partial charge in [-0.15, -0.1) is 0 Å². The summed E-state index contributed by atoms with van der Waals surface area (Å²) in [6, 6.07) is 3.99. The van der Waals surface area contributed by atoms with Gasteiger partial charge >= 0.3 is 0 Å². The molecule has 1 amide bonds. The second-order valence-corrected chi connectivity index (χ2v) is 4.89. The SMILES string of the molecule is CC.NCCn1cc(C(=O)NC2CCc3cccnc32)cn1. The molecule has 2 aromatic rings. The number of amides is 1. The summed E-state index contributed by atoms with van der Waals surface area (Å²) >= 11 is 0. The van der Waals surface area contributed by atoms with Gasteiger partial charge in [-0.05, 0) is 24.5 Å². The largest absolute Gasteiger partial charge is 0.344 e. The monoisotopic (exact) mass is 301 g/mol. The molecule has 2 aromatic heterocycles. The number of aryl methyl sites for hydroxylation is 1. The Hall–Kier alpha value is -2.21. The summed E-state index contributed by atoms with van der Waals surface area (Å²) in [6.45, 7) is 5.11. The average molecular weight is 301 g/mol. The van der Waals surface area contributed by atoms with Gasteiger partial charge < -0.3 is 11.1 Å². The summed E-state index contributed by atoms with van der Waals surface area (Å²) in [5, 5.41) is 7.13. The Morgan fingerprint density at radius 1 is 1.50 bits per heavy atom. The molecule has 0 radical (unpaired) electrons. The van der Waals surface area contributed by atoms with Crippen LogP contribution >= 0.6 is 0 Å². The van der Waals surface area contributed by atoms with E-state index >= 15 is 0 Å². The first-order valence-electron chi connectivity index (χ1n) is 7.75. The fraction of sp³-hybridized carbons (Fsp3) is 0.438. The van der Waals surface area contributed by atoms with E-state index < -0.39 is 0 Å². The van der Waals surface area contributed by atoms with E-state index in [0.29, 0.717) is 18.7 Å². The fourth-order valence-electron chi connectivity index (χ4n) is 2.53. The number of hydrogen-bond donors (Lipinski definition) is 2. The standard InChI is InChI=1S/C14H17N5O.C2H6/c15-5-7-19-9-11(8-17-19)14(20)18-12-4-3-10-2-1-6-16-13(10)12;1-2/h1-2,6,8-9,12H,3-5,7,15H2,(H,18,20);1-2H3. The van der Waals surface area contributed by atoms with Crippen LogP contribution in [0.5, 0.6) is 0 Å². The minimum Gasteiger partial charge on any atom is -0.344 e. The highest BCUT2D eigenvalue weighted by Gasteiger charge is 2.25. The Morgan fingerprint density at radius 3 is 3.09 bits per heavy atom. The predicted molar refractivity (Wildman–Crippen MR) is 85.4 cm³/mol. The molecule has 0 fully saturated rings. The van der Waals surface area contributed by atoms with Crippen molar-refractivity contribution in [2.24, 2.45) is 5.73 Å². The lowest BCUT2D eigenvalue weighted by atomic mass is 10.2. The van der Waals surface area contributed by atoms with Gasteiger partial charge in [0, 0.05) is 18.9 Å². The molecule has 3 rings (SSSR count). The number of nitrogens with two attached hydrogens (primary N) is 1. The number of nitrogens with one attached hydrogen (secondary N) is 1. The van der Waals surface area contributed by atoms with Gasteiger partial charge in [0.05, 0.1) is 30.0 Å². The van der Waals surface area contributed by atoms with Crippen LogP contribution in [0.1, 0.15) is 47.9 Å². The summed E-state index contributed by atoms with van der Waals surface area (Å²) < 4.78 is 1.68. The van der Waals surface area contributed by atoms with Gasteiger partial charge in [-0.25, -0.2) is 0 Å². The van der Waals surface area contributed by atoms with Crippen LogP contribution in [0.4, 0.5) is 0 Å². The molecule has 0 bridgehead atoms. The van der Waals surface area contributed by atoms with Crippen LogP contribution in [0.3, 0.4) is 0 Å². The molecule has 2 heterocycles. The molecular weight excluding hydrogens is 278 g/mol. The van der Waals surface area contributed by atoms with Crippen LogP contribution in [0.15, 0.2) is 30.7 Å². The molecule has 0 saturated heterocycles. The van der Waals surface area contributed by atoms with E-state index in [9.17, 15) is 4.79 Å². The maximum atomic E-state index is 12.2. The van der Waals surface area contributed by atoms with Crippen molar-refractivity contribution in [2.45, 2.75) is 39.3 Å². The van der Waals surface area contributed by atoms with Crippen molar-refractivity contribution in [2.75, 3.05) is 6.54 Å². The number of fused-ring (bicyclic) bond motifs is 1. The number of aromatic nitrogens is 3. The minimum absolute atomic E-state index is 0.00319. The van der Waals surface area contributed by atoms with Crippen molar-refractivity contribution in [1.82, 2.24) is 20.1 Å². The zero-order chi connectivity index (χ0) is 15.9. The van der Waals surface area contributed by atoms with E-state index in [1.807, 2.05) is 19.9 Å². The van der Waals surface area contributed by atoms with Crippen LogP contribution in [0.2, 0.25) is 0 Å². The third-order valence-electron chi connectivity index (χ3n) is 3.52. The van der Waals surface area contributed by atoms with Crippen molar-refractivity contribution in [3.63, 3.8) is 0 Å². The number of pyridine rings is 1. The first-order chi connectivity index (χ1) is 10.8. The first kappa shape index (κ1) is 16.2. The van der Waals surface area contributed by atoms with E-state index in [-0.39, 0.29) is 11.9 Å². The molecule has 1 aliphatic rings. The van der Waals surface area contributed by atoms with Crippen LogP contribution in [-0.2, 0) is 13.0 Å². The molecule has 0 aliphatic heterocycles. The molecular formula is C16H23N5O. The van der Waals surface area contributed by atoms with Gasteiger partial charge in [0.15, 0.2) is 0 Å². The lowest BCUT2D eigenvalue weighted by Crippen LogP contribution is -2.27. The molecule has 6 heteroatoms. The van der Waals surface area contributed by atoms with Crippen molar-refractivity contribution in [3.8, 4) is 0 Å². The normalized spacial score (nSPS) is 15.7. The van der Waals surface area contributed by atoms with Gasteiger partial charge in [0.25, 0.3) is 5.91 Å². The molecule has 3 N–H and O–H groups in total. The summed E-state index contributed by atoms with van der Waals surface area (Å²) in [5.74, 6) is -0.114. The Morgan fingerprint density at radius 2 is 2.32 bits per heavy atom. The smallest absolute Gasteiger partial charge is 0.255 e. The molecule has 1 atom stereocenters. The molecule has 1 aliphatic carbocycles. The zero-order valence-electron chi connectivity index (χ0n) is 13.1. The summed E-state index contributed by atoms with van der Waals surface area (Å²) in [5.41, 5.74) is 8.22. The van der Waals surface area contributed by atoms with Gasteiger partial charge in [0.2, 0.25) is 0 Å². The predicted octanol–water partition coefficient (Wildman–Crippen LogP) is 1.68. The second kappa shape index (κ2) is 7.70. The van der Waals surface area contributed by atoms with E-state index in [1.165, 1.54) is 5.56 Å². The molecule has 118 valence electrons. The lowest BCUT2D eigenvalue weighted by Gasteiger charge is -2.12. The molecule has 6 nitrogen and oxygen atoms in total. The maximum Gasteiger partial charge on any atom is 0.255 e. The zero-order valence-corrected chi connectivity index (χ0v) is 13.1. The van der Waals surface area contributed by atoms with E-state index in [4.69, 9.17) is 5.73 Å². The highest BCUT2D eigenvalue weighted by Crippen LogP contribution is 2.28. The molecule has 1 unspecified atom stereocenters. The fourth-order valence-corrected chi connectivity index (χ4v) is 2.53. The third kappa shape index (κ3) is 3.51. The highest BCUT2D eigenvalue weighted by atomic mass is 16.1. The minimum atomic E-state index is -0.114.